The van der Waals surface area contributed by atoms with Crippen molar-refractivity contribution in [3.8, 4) is 11.3 Å². The third-order valence-electron chi connectivity index (χ3n) is 4.44. The average molecular weight is 385 g/mol. The number of thiazole rings is 1. The van der Waals surface area contributed by atoms with E-state index in [1.54, 1.807) is 0 Å². The first kappa shape index (κ1) is 17.9. The molecule has 4 aromatic rings. The summed E-state index contributed by atoms with van der Waals surface area (Å²) >= 11 is 1.40. The van der Waals surface area contributed by atoms with Gasteiger partial charge in [0.1, 0.15) is 0 Å². The predicted octanol–water partition coefficient (Wildman–Crippen LogP) is 5.16. The number of nitrogens with zero attached hydrogens (tertiary/aromatic N) is 1. The van der Waals surface area contributed by atoms with Crippen LogP contribution in [0.4, 0.5) is 10.8 Å². The molecule has 0 saturated carbocycles. The number of carbonyl (C=O) groups excluding carboxylic acids is 1. The van der Waals surface area contributed by atoms with Crippen LogP contribution < -0.4 is 11.1 Å². The second kappa shape index (κ2) is 8.06. The van der Waals surface area contributed by atoms with Gasteiger partial charge in [-0.2, -0.15) is 0 Å². The van der Waals surface area contributed by atoms with Crippen LogP contribution >= 0.6 is 11.3 Å². The average Bonchev–Trinajstić information content (AvgIpc) is 3.18. The number of nitrogen functional groups attached to an aromatic ring is 1. The molecule has 0 unspecified atom stereocenters. The van der Waals surface area contributed by atoms with Gasteiger partial charge in [-0.25, -0.2) is 4.98 Å². The normalized spacial score (nSPS) is 10.8. The lowest BCUT2D eigenvalue weighted by Crippen LogP contribution is -2.22. The lowest BCUT2D eigenvalue weighted by molar-refractivity contribution is -0.116. The Morgan fingerprint density at radius 3 is 2.14 bits per heavy atom. The molecule has 0 atom stereocenters. The number of anilines is 2. The Kier molecular flexibility index (Phi) is 5.17. The number of hydrogen-bond acceptors (Lipinski definition) is 4. The molecule has 4 rings (SSSR count). The maximum atomic E-state index is 13.1. The van der Waals surface area contributed by atoms with E-state index in [4.69, 9.17) is 5.73 Å². The van der Waals surface area contributed by atoms with Gasteiger partial charge in [0.25, 0.3) is 0 Å². The molecule has 138 valence electrons. The highest BCUT2D eigenvalue weighted by Crippen LogP contribution is 2.29. The molecule has 0 aliphatic rings. The molecule has 0 saturated heterocycles. The summed E-state index contributed by atoms with van der Waals surface area (Å²) < 4.78 is 0. The molecule has 0 aliphatic heterocycles. The minimum atomic E-state index is -0.401. The first-order chi connectivity index (χ1) is 13.7. The summed E-state index contributed by atoms with van der Waals surface area (Å²) in [5.74, 6) is -0.506. The molecule has 0 bridgehead atoms. The van der Waals surface area contributed by atoms with Gasteiger partial charge in [0.05, 0.1) is 11.6 Å². The highest BCUT2D eigenvalue weighted by atomic mass is 32.1. The van der Waals surface area contributed by atoms with Crippen LogP contribution in [-0.4, -0.2) is 10.9 Å². The van der Waals surface area contributed by atoms with Crippen molar-refractivity contribution in [3.63, 3.8) is 0 Å². The second-order valence-corrected chi connectivity index (χ2v) is 7.27. The van der Waals surface area contributed by atoms with Crippen LogP contribution in [0.3, 0.4) is 0 Å². The molecular weight excluding hydrogens is 366 g/mol. The maximum absolute atomic E-state index is 13.1. The number of nitrogens with two attached hydrogens (primary N) is 1. The number of aromatic nitrogens is 1. The summed E-state index contributed by atoms with van der Waals surface area (Å²) in [5.41, 5.74) is 10.2. The number of rotatable bonds is 5. The summed E-state index contributed by atoms with van der Waals surface area (Å²) in [5, 5.41) is 5.47. The minimum absolute atomic E-state index is 0.106. The Morgan fingerprint density at radius 2 is 1.54 bits per heavy atom. The van der Waals surface area contributed by atoms with Crippen molar-refractivity contribution < 1.29 is 4.79 Å². The molecule has 1 amide bonds. The molecule has 1 heterocycles. The third kappa shape index (κ3) is 3.94. The third-order valence-corrected chi connectivity index (χ3v) is 5.20. The second-order valence-electron chi connectivity index (χ2n) is 6.41. The Hall–Kier alpha value is -3.44. The zero-order valence-corrected chi connectivity index (χ0v) is 15.9. The first-order valence-electron chi connectivity index (χ1n) is 8.93. The molecule has 3 N–H and O–H groups in total. The van der Waals surface area contributed by atoms with Crippen molar-refractivity contribution in [2.45, 2.75) is 5.92 Å². The van der Waals surface area contributed by atoms with E-state index in [1.807, 2.05) is 90.3 Å². The number of benzene rings is 3. The number of hydrogen-bond donors (Lipinski definition) is 2. The lowest BCUT2D eigenvalue weighted by atomic mass is 9.90. The lowest BCUT2D eigenvalue weighted by Gasteiger charge is -2.17. The van der Waals surface area contributed by atoms with E-state index in [0.29, 0.717) is 10.8 Å². The predicted molar refractivity (Wildman–Crippen MR) is 115 cm³/mol. The summed E-state index contributed by atoms with van der Waals surface area (Å²) in [6.45, 7) is 0. The van der Waals surface area contributed by atoms with E-state index in [9.17, 15) is 4.79 Å². The molecule has 1 aromatic heterocycles. The van der Waals surface area contributed by atoms with Gasteiger partial charge in [-0.15, -0.1) is 11.3 Å². The van der Waals surface area contributed by atoms with E-state index in [0.717, 1.165) is 22.4 Å². The van der Waals surface area contributed by atoms with Crippen molar-refractivity contribution in [2.75, 3.05) is 11.1 Å². The molecule has 28 heavy (non-hydrogen) atoms. The summed E-state index contributed by atoms with van der Waals surface area (Å²) in [6, 6.07) is 27.1. The van der Waals surface area contributed by atoms with Crippen LogP contribution in [0.5, 0.6) is 0 Å². The SMILES string of the molecule is Nc1cccc(-c2csc(NC(=O)C(c3ccccc3)c3ccccc3)n2)c1. The first-order valence-corrected chi connectivity index (χ1v) is 9.81. The van der Waals surface area contributed by atoms with Crippen LogP contribution in [0.25, 0.3) is 11.3 Å². The number of carbonyl (C=O) groups is 1. The molecule has 0 radical (unpaired) electrons. The van der Waals surface area contributed by atoms with Gasteiger partial charge in [0, 0.05) is 16.6 Å². The maximum Gasteiger partial charge on any atom is 0.238 e. The van der Waals surface area contributed by atoms with E-state index in [-0.39, 0.29) is 5.91 Å². The zero-order valence-electron chi connectivity index (χ0n) is 15.1. The summed E-state index contributed by atoms with van der Waals surface area (Å²) in [6.07, 6.45) is 0. The smallest absolute Gasteiger partial charge is 0.238 e. The molecule has 0 fully saturated rings. The van der Waals surface area contributed by atoms with E-state index >= 15 is 0 Å². The standard InChI is InChI=1S/C23H19N3OS/c24-19-13-7-12-18(14-19)20-15-28-23(25-20)26-22(27)21(16-8-3-1-4-9-16)17-10-5-2-6-11-17/h1-15,21H,24H2,(H,25,26,27). The van der Waals surface area contributed by atoms with Crippen LogP contribution in [0.2, 0.25) is 0 Å². The molecule has 5 heteroatoms. The van der Waals surface area contributed by atoms with Crippen molar-refractivity contribution in [1.29, 1.82) is 0 Å². The highest BCUT2D eigenvalue weighted by Gasteiger charge is 2.23. The Balaban J connectivity index is 1.60. The topological polar surface area (TPSA) is 68.0 Å². The highest BCUT2D eigenvalue weighted by molar-refractivity contribution is 7.14. The molecule has 0 aliphatic carbocycles. The molecule has 4 nitrogen and oxygen atoms in total. The van der Waals surface area contributed by atoms with Crippen LogP contribution in [0.1, 0.15) is 17.0 Å². The van der Waals surface area contributed by atoms with Crippen molar-refractivity contribution in [3.05, 3.63) is 101 Å². The Bertz CT molecular complexity index is 1040. The fourth-order valence-corrected chi connectivity index (χ4v) is 3.85. The fraction of sp³-hybridized carbons (Fsp3) is 0.0435. The van der Waals surface area contributed by atoms with Crippen molar-refractivity contribution >= 4 is 28.1 Å². The summed E-state index contributed by atoms with van der Waals surface area (Å²) in [4.78, 5) is 17.7. The quantitative estimate of drug-likeness (QED) is 0.466. The molecular formula is C23H19N3OS. The van der Waals surface area contributed by atoms with Gasteiger partial charge in [-0.1, -0.05) is 72.8 Å². The number of nitrogens with one attached hydrogen (secondary N) is 1. The van der Waals surface area contributed by atoms with Gasteiger partial charge < -0.3 is 11.1 Å². The summed E-state index contributed by atoms with van der Waals surface area (Å²) in [7, 11) is 0. The largest absolute Gasteiger partial charge is 0.399 e. The van der Waals surface area contributed by atoms with Crippen LogP contribution in [-0.2, 0) is 4.79 Å². The van der Waals surface area contributed by atoms with Gasteiger partial charge in [0.15, 0.2) is 5.13 Å². The molecule has 3 aromatic carbocycles. The van der Waals surface area contributed by atoms with E-state index in [1.165, 1.54) is 11.3 Å². The van der Waals surface area contributed by atoms with E-state index < -0.39 is 5.92 Å². The van der Waals surface area contributed by atoms with Crippen LogP contribution in [0, 0.1) is 0 Å². The number of amides is 1. The monoisotopic (exact) mass is 385 g/mol. The van der Waals surface area contributed by atoms with Gasteiger partial charge in [-0.3, -0.25) is 4.79 Å². The van der Waals surface area contributed by atoms with Crippen molar-refractivity contribution in [1.82, 2.24) is 4.98 Å². The Morgan fingerprint density at radius 1 is 0.893 bits per heavy atom. The van der Waals surface area contributed by atoms with Gasteiger partial charge in [0.2, 0.25) is 5.91 Å². The Labute approximate surface area is 167 Å². The minimum Gasteiger partial charge on any atom is -0.399 e. The van der Waals surface area contributed by atoms with Gasteiger partial charge in [-0.05, 0) is 23.3 Å². The molecule has 0 spiro atoms. The zero-order chi connectivity index (χ0) is 19.3. The van der Waals surface area contributed by atoms with Crippen molar-refractivity contribution in [2.24, 2.45) is 0 Å². The fourth-order valence-electron chi connectivity index (χ4n) is 3.13. The van der Waals surface area contributed by atoms with Gasteiger partial charge >= 0.3 is 0 Å². The van der Waals surface area contributed by atoms with E-state index in [2.05, 4.69) is 10.3 Å². The van der Waals surface area contributed by atoms with Crippen LogP contribution in [0.15, 0.2) is 90.3 Å².